The SMILES string of the molecule is CCc1cccc(C)c1NC(=O)CN(Cc1ccc(C)cc1)S(=O)(=O)c1c(C)cc(C)cc1C. The van der Waals surface area contributed by atoms with Crippen LogP contribution in [0.2, 0.25) is 0 Å². The van der Waals surface area contributed by atoms with Gasteiger partial charge in [-0.15, -0.1) is 0 Å². The highest BCUT2D eigenvalue weighted by molar-refractivity contribution is 7.89. The number of anilines is 1. The molecule has 0 atom stereocenters. The van der Waals surface area contributed by atoms with Crippen LogP contribution < -0.4 is 5.32 Å². The van der Waals surface area contributed by atoms with Gasteiger partial charge in [0.05, 0.1) is 11.4 Å². The molecular formula is C28H34N2O3S. The second-order valence-electron chi connectivity index (χ2n) is 9.00. The van der Waals surface area contributed by atoms with Crippen molar-refractivity contribution < 1.29 is 13.2 Å². The minimum absolute atomic E-state index is 0.108. The Balaban J connectivity index is 1.99. The van der Waals surface area contributed by atoms with E-state index in [0.717, 1.165) is 39.9 Å². The van der Waals surface area contributed by atoms with Crippen molar-refractivity contribution in [2.24, 2.45) is 0 Å². The molecule has 0 saturated carbocycles. The topological polar surface area (TPSA) is 66.5 Å². The van der Waals surface area contributed by atoms with Crippen molar-refractivity contribution in [1.82, 2.24) is 4.31 Å². The molecule has 0 aliphatic heterocycles. The summed E-state index contributed by atoms with van der Waals surface area (Å²) < 4.78 is 29.0. The number of aryl methyl sites for hydroxylation is 6. The van der Waals surface area contributed by atoms with Gasteiger partial charge in [0.25, 0.3) is 0 Å². The molecule has 34 heavy (non-hydrogen) atoms. The Hall–Kier alpha value is -2.96. The third-order valence-electron chi connectivity index (χ3n) is 6.01. The first-order valence-electron chi connectivity index (χ1n) is 11.5. The summed E-state index contributed by atoms with van der Waals surface area (Å²) in [5.41, 5.74) is 7.01. The molecule has 5 nitrogen and oxygen atoms in total. The average Bonchev–Trinajstić information content (AvgIpc) is 2.75. The van der Waals surface area contributed by atoms with Gasteiger partial charge in [-0.3, -0.25) is 4.79 Å². The van der Waals surface area contributed by atoms with Gasteiger partial charge >= 0.3 is 0 Å². The van der Waals surface area contributed by atoms with Crippen molar-refractivity contribution >= 4 is 21.6 Å². The van der Waals surface area contributed by atoms with Crippen LogP contribution in [0.25, 0.3) is 0 Å². The fourth-order valence-corrected chi connectivity index (χ4v) is 6.16. The molecule has 1 N–H and O–H groups in total. The summed E-state index contributed by atoms with van der Waals surface area (Å²) in [5.74, 6) is -0.359. The van der Waals surface area contributed by atoms with E-state index in [1.807, 2.05) is 82.3 Å². The van der Waals surface area contributed by atoms with Crippen molar-refractivity contribution in [3.63, 3.8) is 0 Å². The van der Waals surface area contributed by atoms with Crippen molar-refractivity contribution in [3.05, 3.63) is 93.5 Å². The number of nitrogens with zero attached hydrogens (tertiary/aromatic N) is 1. The Morgan fingerprint density at radius 1 is 0.853 bits per heavy atom. The molecule has 1 amide bonds. The van der Waals surface area contributed by atoms with Crippen LogP contribution in [-0.2, 0) is 27.8 Å². The Bertz CT molecular complexity index is 1270. The summed E-state index contributed by atoms with van der Waals surface area (Å²) in [7, 11) is -3.93. The van der Waals surface area contributed by atoms with E-state index in [-0.39, 0.29) is 23.9 Å². The van der Waals surface area contributed by atoms with Crippen LogP contribution in [0.3, 0.4) is 0 Å². The monoisotopic (exact) mass is 478 g/mol. The Morgan fingerprint density at radius 3 is 2.06 bits per heavy atom. The molecule has 180 valence electrons. The third-order valence-corrected chi connectivity index (χ3v) is 8.10. The van der Waals surface area contributed by atoms with E-state index in [0.29, 0.717) is 11.1 Å². The second kappa shape index (κ2) is 10.5. The van der Waals surface area contributed by atoms with Gasteiger partial charge in [0.1, 0.15) is 0 Å². The van der Waals surface area contributed by atoms with Gasteiger partial charge < -0.3 is 5.32 Å². The second-order valence-corrected chi connectivity index (χ2v) is 10.9. The van der Waals surface area contributed by atoms with Crippen LogP contribution in [0.1, 0.15) is 45.9 Å². The van der Waals surface area contributed by atoms with E-state index >= 15 is 0 Å². The molecule has 0 saturated heterocycles. The van der Waals surface area contributed by atoms with Crippen LogP contribution in [0.4, 0.5) is 5.69 Å². The lowest BCUT2D eigenvalue weighted by atomic mass is 10.1. The zero-order valence-electron chi connectivity index (χ0n) is 20.9. The van der Waals surface area contributed by atoms with Gasteiger partial charge in [-0.05, 0) is 68.9 Å². The van der Waals surface area contributed by atoms with Crippen LogP contribution in [-0.4, -0.2) is 25.2 Å². The molecular weight excluding hydrogens is 444 g/mol. The molecule has 0 aliphatic rings. The summed E-state index contributed by atoms with van der Waals surface area (Å²) in [6, 6.07) is 17.3. The maximum absolute atomic E-state index is 13.9. The summed E-state index contributed by atoms with van der Waals surface area (Å²) >= 11 is 0. The van der Waals surface area contributed by atoms with E-state index in [9.17, 15) is 13.2 Å². The number of benzene rings is 3. The van der Waals surface area contributed by atoms with Crippen molar-refractivity contribution in [1.29, 1.82) is 0 Å². The largest absolute Gasteiger partial charge is 0.324 e. The van der Waals surface area contributed by atoms with Gasteiger partial charge in [0, 0.05) is 12.2 Å². The molecule has 0 radical (unpaired) electrons. The van der Waals surface area contributed by atoms with E-state index in [4.69, 9.17) is 0 Å². The Morgan fingerprint density at radius 2 is 1.47 bits per heavy atom. The molecule has 6 heteroatoms. The smallest absolute Gasteiger partial charge is 0.244 e. The highest BCUT2D eigenvalue weighted by atomic mass is 32.2. The molecule has 3 rings (SSSR count). The zero-order chi connectivity index (χ0) is 25.0. The fourth-order valence-electron chi connectivity index (χ4n) is 4.37. The molecule has 0 heterocycles. The molecule has 0 bridgehead atoms. The lowest BCUT2D eigenvalue weighted by molar-refractivity contribution is -0.116. The van der Waals surface area contributed by atoms with Crippen molar-refractivity contribution in [3.8, 4) is 0 Å². The molecule has 0 spiro atoms. The van der Waals surface area contributed by atoms with Gasteiger partial charge in [0.15, 0.2) is 0 Å². The number of carbonyl (C=O) groups excluding carboxylic acids is 1. The fraction of sp³-hybridized carbons (Fsp3) is 0.321. The highest BCUT2D eigenvalue weighted by Crippen LogP contribution is 2.27. The molecule has 3 aromatic rings. The van der Waals surface area contributed by atoms with E-state index in [1.165, 1.54) is 4.31 Å². The summed E-state index contributed by atoms with van der Waals surface area (Å²) in [4.78, 5) is 13.4. The number of carbonyl (C=O) groups is 1. The quantitative estimate of drug-likeness (QED) is 0.457. The first-order chi connectivity index (χ1) is 16.0. The van der Waals surface area contributed by atoms with E-state index in [1.54, 1.807) is 13.8 Å². The molecule has 3 aromatic carbocycles. The van der Waals surface area contributed by atoms with Crippen molar-refractivity contribution in [2.45, 2.75) is 59.4 Å². The molecule has 0 aliphatic carbocycles. The lowest BCUT2D eigenvalue weighted by Gasteiger charge is -2.25. The van der Waals surface area contributed by atoms with Gasteiger partial charge in [-0.25, -0.2) is 8.42 Å². The van der Waals surface area contributed by atoms with Gasteiger partial charge in [-0.1, -0.05) is 72.6 Å². The normalized spacial score (nSPS) is 11.6. The number of hydrogen-bond donors (Lipinski definition) is 1. The van der Waals surface area contributed by atoms with Gasteiger partial charge in [-0.2, -0.15) is 4.31 Å². The van der Waals surface area contributed by atoms with E-state index in [2.05, 4.69) is 5.32 Å². The van der Waals surface area contributed by atoms with Crippen LogP contribution in [0.5, 0.6) is 0 Å². The Kier molecular flexibility index (Phi) is 7.95. The maximum atomic E-state index is 13.9. The highest BCUT2D eigenvalue weighted by Gasteiger charge is 2.30. The summed E-state index contributed by atoms with van der Waals surface area (Å²) in [6.07, 6.45) is 0.768. The minimum atomic E-state index is -3.93. The Labute approximate surface area is 203 Å². The predicted octanol–water partition coefficient (Wildman–Crippen LogP) is 5.62. The number of nitrogens with one attached hydrogen (secondary N) is 1. The first-order valence-corrected chi connectivity index (χ1v) is 13.0. The van der Waals surface area contributed by atoms with Crippen LogP contribution in [0.15, 0.2) is 59.5 Å². The number of para-hydroxylation sites is 1. The summed E-state index contributed by atoms with van der Waals surface area (Å²) in [6.45, 7) is 11.3. The number of sulfonamides is 1. The number of amides is 1. The molecule has 0 unspecified atom stereocenters. The first kappa shape index (κ1) is 25.7. The standard InChI is InChI=1S/C28H34N2O3S/c1-7-25-10-8-9-21(4)27(25)29-26(31)18-30(17-24-13-11-19(2)12-14-24)34(32,33)28-22(5)15-20(3)16-23(28)6/h8-16H,7,17-18H2,1-6H3,(H,29,31). The average molecular weight is 479 g/mol. The zero-order valence-corrected chi connectivity index (χ0v) is 21.7. The predicted molar refractivity (Wildman–Crippen MR) is 139 cm³/mol. The minimum Gasteiger partial charge on any atom is -0.324 e. The lowest BCUT2D eigenvalue weighted by Crippen LogP contribution is -2.38. The van der Waals surface area contributed by atoms with Crippen molar-refractivity contribution in [2.75, 3.05) is 11.9 Å². The van der Waals surface area contributed by atoms with E-state index < -0.39 is 10.0 Å². The van der Waals surface area contributed by atoms with Crippen LogP contribution in [0, 0.1) is 34.6 Å². The molecule has 0 fully saturated rings. The van der Waals surface area contributed by atoms with Gasteiger partial charge in [0.2, 0.25) is 15.9 Å². The molecule has 0 aromatic heterocycles. The van der Waals surface area contributed by atoms with Crippen LogP contribution >= 0.6 is 0 Å². The third kappa shape index (κ3) is 5.75. The number of hydrogen-bond acceptors (Lipinski definition) is 3. The summed E-state index contributed by atoms with van der Waals surface area (Å²) in [5, 5.41) is 2.97. The number of rotatable bonds is 8. The maximum Gasteiger partial charge on any atom is 0.244 e.